The van der Waals surface area contributed by atoms with Gasteiger partial charge in [0.15, 0.2) is 5.41 Å². The second-order valence-corrected chi connectivity index (χ2v) is 8.97. The maximum Gasteiger partial charge on any atom is 0.415 e. The highest BCUT2D eigenvalue weighted by molar-refractivity contribution is 5.85. The van der Waals surface area contributed by atoms with Crippen molar-refractivity contribution in [1.82, 2.24) is 15.0 Å². The Bertz CT molecular complexity index is 1300. The maximum absolute atomic E-state index is 15.3. The number of hydrogen-bond donors (Lipinski definition) is 0. The van der Waals surface area contributed by atoms with Crippen LogP contribution in [0.25, 0.3) is 5.57 Å². The van der Waals surface area contributed by atoms with Crippen molar-refractivity contribution in [3.05, 3.63) is 103 Å². The van der Waals surface area contributed by atoms with E-state index in [2.05, 4.69) is 27.6 Å². The summed E-state index contributed by atoms with van der Waals surface area (Å²) in [5, 5.41) is 10.8. The second-order valence-electron chi connectivity index (χ2n) is 8.97. The number of pyridine rings is 3. The minimum atomic E-state index is -4.89. The average Bonchev–Trinajstić information content (AvgIpc) is 2.84. The van der Waals surface area contributed by atoms with Crippen LogP contribution in [0.2, 0.25) is 0 Å². The van der Waals surface area contributed by atoms with E-state index >= 15 is 13.2 Å². The van der Waals surface area contributed by atoms with E-state index in [4.69, 9.17) is 0 Å². The number of halogens is 3. The Balaban J connectivity index is 2.31. The van der Waals surface area contributed by atoms with E-state index in [0.717, 1.165) is 0 Å². The lowest BCUT2D eigenvalue weighted by Gasteiger charge is -2.61. The summed E-state index contributed by atoms with van der Waals surface area (Å²) in [6.45, 7) is 8.86. The molecule has 0 saturated heterocycles. The van der Waals surface area contributed by atoms with Gasteiger partial charge in [0.25, 0.3) is 0 Å². The van der Waals surface area contributed by atoms with Crippen LogP contribution >= 0.6 is 0 Å². The summed E-state index contributed by atoms with van der Waals surface area (Å²) < 4.78 is 45.8. The first-order chi connectivity index (χ1) is 16.6. The number of alkyl halides is 3. The third-order valence-electron chi connectivity index (χ3n) is 6.72. The van der Waals surface area contributed by atoms with Crippen molar-refractivity contribution in [2.45, 2.75) is 43.4 Å². The second kappa shape index (κ2) is 8.35. The minimum absolute atomic E-state index is 0.0397. The summed E-state index contributed by atoms with van der Waals surface area (Å²) in [6, 6.07) is 16.6. The molecule has 8 heteroatoms. The predicted molar refractivity (Wildman–Crippen MR) is 128 cm³/mol. The molecule has 35 heavy (non-hydrogen) atoms. The minimum Gasteiger partial charge on any atom is -0.336 e. The zero-order valence-corrected chi connectivity index (χ0v) is 19.6. The number of hydrogen-bond acceptors (Lipinski definition) is 5. The summed E-state index contributed by atoms with van der Waals surface area (Å²) in [6.07, 6.45) is 0.887. The zero-order valence-electron chi connectivity index (χ0n) is 19.6. The van der Waals surface area contributed by atoms with Crippen LogP contribution in [0.3, 0.4) is 0 Å². The van der Waals surface area contributed by atoms with E-state index in [1.54, 1.807) is 74.3 Å². The van der Waals surface area contributed by atoms with Gasteiger partial charge in [0.05, 0.1) is 34.1 Å². The van der Waals surface area contributed by atoms with Crippen LogP contribution in [0.4, 0.5) is 19.0 Å². The molecule has 5 nitrogen and oxygen atoms in total. The van der Waals surface area contributed by atoms with Crippen LogP contribution in [0.1, 0.15) is 32.2 Å². The molecule has 0 radical (unpaired) electrons. The monoisotopic (exact) mass is 475 g/mol. The van der Waals surface area contributed by atoms with Crippen LogP contribution in [0, 0.1) is 11.3 Å². The summed E-state index contributed by atoms with van der Waals surface area (Å²) in [5.74, 6) is 0.394. The zero-order chi connectivity index (χ0) is 25.5. The summed E-state index contributed by atoms with van der Waals surface area (Å²) in [4.78, 5) is 14.8. The molecule has 2 atom stereocenters. The Morgan fingerprint density at radius 1 is 0.914 bits per heavy atom. The first-order valence-electron chi connectivity index (χ1n) is 11.0. The topological polar surface area (TPSA) is 65.7 Å². The average molecular weight is 476 g/mol. The first-order valence-corrected chi connectivity index (χ1v) is 11.0. The lowest BCUT2D eigenvalue weighted by Crippen LogP contribution is -2.71. The van der Waals surface area contributed by atoms with E-state index in [1.807, 2.05) is 0 Å². The number of nitrogens with zero attached hydrogens (tertiary/aromatic N) is 5. The number of aromatic nitrogens is 3. The van der Waals surface area contributed by atoms with Gasteiger partial charge in [-0.25, -0.2) is 4.98 Å². The highest BCUT2D eigenvalue weighted by atomic mass is 19.4. The summed E-state index contributed by atoms with van der Waals surface area (Å²) >= 11 is 0. The fourth-order valence-electron chi connectivity index (χ4n) is 5.37. The fourth-order valence-corrected chi connectivity index (χ4v) is 5.37. The van der Waals surface area contributed by atoms with Gasteiger partial charge in [0.2, 0.25) is 0 Å². The molecular formula is C27H24F3N5. The van der Waals surface area contributed by atoms with Crippen LogP contribution in [0.15, 0.2) is 91.4 Å². The Morgan fingerprint density at radius 3 is 1.97 bits per heavy atom. The van der Waals surface area contributed by atoms with Crippen LogP contribution in [-0.2, 0) is 5.41 Å². The number of anilines is 1. The molecule has 2 unspecified atom stereocenters. The molecule has 0 fully saturated rings. The van der Waals surface area contributed by atoms with Crippen molar-refractivity contribution in [2.24, 2.45) is 0 Å². The van der Waals surface area contributed by atoms with Crippen molar-refractivity contribution < 1.29 is 13.2 Å². The smallest absolute Gasteiger partial charge is 0.336 e. The normalized spacial score (nSPS) is 24.1. The highest BCUT2D eigenvalue weighted by Gasteiger charge is 2.69. The summed E-state index contributed by atoms with van der Waals surface area (Å²) in [7, 11) is 0. The molecular weight excluding hydrogens is 451 g/mol. The third-order valence-corrected chi connectivity index (χ3v) is 6.72. The SMILES string of the molecule is C=CC1(C)N(c2ccccn2)C(C)(C)C(c2ccccn2)=C(C(F)(F)F)C1(C#N)c1ccccn1. The van der Waals surface area contributed by atoms with E-state index in [1.165, 1.54) is 30.6 Å². The molecule has 1 aliphatic rings. The van der Waals surface area contributed by atoms with Gasteiger partial charge in [-0.05, 0) is 57.2 Å². The van der Waals surface area contributed by atoms with Gasteiger partial charge in [-0.3, -0.25) is 9.97 Å². The molecule has 0 aliphatic carbocycles. The Morgan fingerprint density at radius 2 is 1.51 bits per heavy atom. The van der Waals surface area contributed by atoms with Crippen molar-refractivity contribution in [3.8, 4) is 6.07 Å². The Labute approximate surface area is 202 Å². The van der Waals surface area contributed by atoms with E-state index in [9.17, 15) is 5.26 Å². The quantitative estimate of drug-likeness (QED) is 0.440. The molecule has 0 aromatic carbocycles. The Kier molecular flexibility index (Phi) is 5.76. The largest absolute Gasteiger partial charge is 0.415 e. The van der Waals surface area contributed by atoms with Crippen molar-refractivity contribution in [3.63, 3.8) is 0 Å². The summed E-state index contributed by atoms with van der Waals surface area (Å²) in [5.41, 5.74) is -6.28. The van der Waals surface area contributed by atoms with Gasteiger partial charge >= 0.3 is 6.18 Å². The maximum atomic E-state index is 15.3. The highest BCUT2D eigenvalue weighted by Crippen LogP contribution is 2.61. The molecule has 0 saturated carbocycles. The predicted octanol–water partition coefficient (Wildman–Crippen LogP) is 5.89. The fraction of sp³-hybridized carbons (Fsp3) is 0.259. The first kappa shape index (κ1) is 24.1. The molecule has 1 aliphatic heterocycles. The van der Waals surface area contributed by atoms with Crippen LogP contribution in [0.5, 0.6) is 0 Å². The van der Waals surface area contributed by atoms with Crippen LogP contribution < -0.4 is 4.90 Å². The molecule has 3 aromatic rings. The van der Waals surface area contributed by atoms with Crippen LogP contribution in [-0.4, -0.2) is 32.2 Å². The molecule has 0 N–H and O–H groups in total. The van der Waals surface area contributed by atoms with E-state index in [0.29, 0.717) is 5.82 Å². The molecule has 0 spiro atoms. The standard InChI is InChI=1S/C27H24F3N5/c1-5-25(4)26(18-31,20-13-7-10-16-33-20)23(27(28,29)30)22(19-12-6-9-15-32-19)24(2,3)35(25)21-14-8-11-17-34-21/h5-17H,1H2,2-4H3. The van der Waals surface area contributed by atoms with Crippen molar-refractivity contribution in [2.75, 3.05) is 4.90 Å². The van der Waals surface area contributed by atoms with Gasteiger partial charge in [-0.2, -0.15) is 18.4 Å². The number of nitriles is 1. The molecule has 4 heterocycles. The molecule has 0 amide bonds. The lowest BCUT2D eigenvalue weighted by molar-refractivity contribution is -0.103. The van der Waals surface area contributed by atoms with Gasteiger partial charge in [0, 0.05) is 24.2 Å². The molecule has 178 valence electrons. The van der Waals surface area contributed by atoms with Crippen molar-refractivity contribution in [1.29, 1.82) is 5.26 Å². The lowest BCUT2D eigenvalue weighted by atomic mass is 9.56. The van der Waals surface area contributed by atoms with Gasteiger partial charge in [-0.15, -0.1) is 6.58 Å². The van der Waals surface area contributed by atoms with Gasteiger partial charge in [-0.1, -0.05) is 24.3 Å². The van der Waals surface area contributed by atoms with Crippen molar-refractivity contribution >= 4 is 11.4 Å². The third kappa shape index (κ3) is 3.42. The number of rotatable bonds is 4. The van der Waals surface area contributed by atoms with Gasteiger partial charge in [0.1, 0.15) is 5.82 Å². The molecule has 3 aromatic heterocycles. The Hall–Kier alpha value is -3.99. The van der Waals surface area contributed by atoms with Gasteiger partial charge < -0.3 is 4.90 Å². The molecule has 0 bridgehead atoms. The molecule has 4 rings (SSSR count). The van der Waals surface area contributed by atoms with E-state index < -0.39 is 28.2 Å². The van der Waals surface area contributed by atoms with E-state index in [-0.39, 0.29) is 17.0 Å².